The monoisotopic (exact) mass is 1250 g/mol. The van der Waals surface area contributed by atoms with Gasteiger partial charge in [0.05, 0.1) is 60.9 Å². The van der Waals surface area contributed by atoms with Gasteiger partial charge in [-0.2, -0.15) is 0 Å². The van der Waals surface area contributed by atoms with Gasteiger partial charge in [-0.3, -0.25) is 33.6 Å². The van der Waals surface area contributed by atoms with Gasteiger partial charge in [0.15, 0.2) is 11.6 Å². The molecule has 2 aromatic rings. The van der Waals surface area contributed by atoms with Crippen LogP contribution in [0.3, 0.4) is 0 Å². The Balaban J connectivity index is 1.70. The molecule has 498 valence electrons. The third-order valence-corrected chi connectivity index (χ3v) is 17.4. The maximum absolute atomic E-state index is 14.9. The number of anilines is 1. The lowest BCUT2D eigenvalue weighted by Crippen LogP contribution is -2.55. The standard InChI is InChI=1S/C67H106N8O14/c1-16-43(8)60(55(87-14)38-57(80)75-35-23-28-52(75)62(88-15)45(10)63(82)70-46(11)61(81)48-25-18-17-19-26-48)73(12)65(84)51(40(2)3)37-54(78)59(42(6)7)74(13)67(86)89-39-47-30-32-50(33-31-47)71-64(83)49(27-22-34-69-66(68)85)36-53(77)58(41(4)5)72-56(79)29-21-20-24-44(9)76/h17-19,25-26,30-33,40-43,45-46,49,51-52,55,58-62,81H,16,20-24,27-29,34-39H2,1-15H3,(H,70,82)(H,71,83)(H,72,79)(H3,68,69,85). The van der Waals surface area contributed by atoms with Crippen LogP contribution in [0.1, 0.15) is 170 Å². The number of carbonyl (C=O) groups excluding carboxylic acids is 10. The van der Waals surface area contributed by atoms with E-state index in [0.29, 0.717) is 68.3 Å². The predicted molar refractivity (Wildman–Crippen MR) is 341 cm³/mol. The number of methoxy groups -OCH3 is 2. The summed E-state index contributed by atoms with van der Waals surface area (Å²) in [5.41, 5.74) is 6.88. The number of likely N-dealkylation sites (tertiary alicyclic amines) is 1. The topological polar surface area (TPSA) is 302 Å². The molecule has 89 heavy (non-hydrogen) atoms. The number of likely N-dealkylation sites (N-methyl/N-ethyl adjacent to an activating group) is 2. The second kappa shape index (κ2) is 38.0. The number of benzene rings is 2. The summed E-state index contributed by atoms with van der Waals surface area (Å²) in [4.78, 5) is 139. The molecule has 0 aromatic heterocycles. The molecule has 1 aliphatic heterocycles. The van der Waals surface area contributed by atoms with Crippen LogP contribution in [0.15, 0.2) is 54.6 Å². The number of amides is 8. The van der Waals surface area contributed by atoms with Gasteiger partial charge in [-0.25, -0.2) is 9.59 Å². The number of ketones is 3. The van der Waals surface area contributed by atoms with Crippen molar-refractivity contribution in [3.63, 3.8) is 0 Å². The number of nitrogens with two attached hydrogens (primary N) is 1. The predicted octanol–water partition coefficient (Wildman–Crippen LogP) is 7.92. The Morgan fingerprint density at radius 2 is 1.38 bits per heavy atom. The summed E-state index contributed by atoms with van der Waals surface area (Å²) < 4.78 is 17.8. The van der Waals surface area contributed by atoms with E-state index < -0.39 is 84.3 Å². The van der Waals surface area contributed by atoms with Crippen LogP contribution in [-0.2, 0) is 59.2 Å². The smallest absolute Gasteiger partial charge is 0.410 e. The molecule has 8 amide bonds. The van der Waals surface area contributed by atoms with Crippen molar-refractivity contribution in [2.75, 3.05) is 46.7 Å². The summed E-state index contributed by atoms with van der Waals surface area (Å²) in [6.07, 6.45) is 0.546. The van der Waals surface area contributed by atoms with Gasteiger partial charge in [-0.1, -0.05) is 111 Å². The maximum atomic E-state index is 14.9. The van der Waals surface area contributed by atoms with E-state index in [1.807, 2.05) is 59.7 Å². The highest BCUT2D eigenvalue weighted by molar-refractivity contribution is 5.97. The van der Waals surface area contributed by atoms with Gasteiger partial charge in [0.1, 0.15) is 12.4 Å². The normalized spacial score (nSPS) is 17.0. The lowest BCUT2D eigenvalue weighted by atomic mass is 9.83. The highest BCUT2D eigenvalue weighted by Gasteiger charge is 2.44. The summed E-state index contributed by atoms with van der Waals surface area (Å²) in [5.74, 6) is -5.62. The molecule has 22 heteroatoms. The fraction of sp³-hybridized carbons (Fsp3) is 0.672. The van der Waals surface area contributed by atoms with E-state index in [1.165, 1.54) is 33.1 Å². The van der Waals surface area contributed by atoms with Crippen LogP contribution < -0.4 is 27.0 Å². The summed E-state index contributed by atoms with van der Waals surface area (Å²) in [7, 11) is 6.21. The summed E-state index contributed by atoms with van der Waals surface area (Å²) in [6.45, 7) is 20.4. The van der Waals surface area contributed by atoms with Crippen LogP contribution in [0.5, 0.6) is 0 Å². The molecule has 7 N–H and O–H groups in total. The van der Waals surface area contributed by atoms with Gasteiger partial charge in [0, 0.05) is 84.6 Å². The lowest BCUT2D eigenvalue weighted by molar-refractivity contribution is -0.149. The number of unbranched alkanes of at least 4 members (excludes halogenated alkanes) is 1. The van der Waals surface area contributed by atoms with E-state index in [0.717, 1.165) is 0 Å². The minimum Gasteiger partial charge on any atom is -0.445 e. The molecule has 12 unspecified atom stereocenters. The zero-order chi connectivity index (χ0) is 66.8. The van der Waals surface area contributed by atoms with Crippen LogP contribution in [0.4, 0.5) is 15.3 Å². The van der Waals surface area contributed by atoms with E-state index in [1.54, 1.807) is 80.9 Å². The van der Waals surface area contributed by atoms with Gasteiger partial charge < -0.3 is 65.8 Å². The van der Waals surface area contributed by atoms with Crippen molar-refractivity contribution in [1.82, 2.24) is 30.7 Å². The number of primary amides is 1. The molecule has 0 saturated carbocycles. The van der Waals surface area contributed by atoms with Crippen LogP contribution in [0, 0.1) is 41.4 Å². The summed E-state index contributed by atoms with van der Waals surface area (Å²) in [6, 6.07) is 11.5. The zero-order valence-electron chi connectivity index (χ0n) is 55.6. The molecule has 1 aliphatic rings. The molecule has 1 heterocycles. The number of hydrogen-bond donors (Lipinski definition) is 6. The third kappa shape index (κ3) is 23.8. The van der Waals surface area contributed by atoms with Crippen molar-refractivity contribution >= 4 is 64.7 Å². The Hall–Kier alpha value is -6.78. The highest BCUT2D eigenvalue weighted by Crippen LogP contribution is 2.32. The second-order valence-corrected chi connectivity index (χ2v) is 25.3. The van der Waals surface area contributed by atoms with Crippen molar-refractivity contribution in [3.05, 3.63) is 65.7 Å². The minimum absolute atomic E-state index is 0.0352. The van der Waals surface area contributed by atoms with E-state index in [-0.39, 0.29) is 110 Å². The van der Waals surface area contributed by atoms with Gasteiger partial charge in [-0.15, -0.1) is 0 Å². The molecular formula is C67H106N8O14. The second-order valence-electron chi connectivity index (χ2n) is 25.3. The molecule has 0 bridgehead atoms. The lowest BCUT2D eigenvalue weighted by Gasteiger charge is -2.41. The molecule has 22 nitrogen and oxygen atoms in total. The SMILES string of the molecule is CCC(C)C(C(CC(=O)N1CCCC1C(OC)C(C)C(=O)NC(C)C(O)c1ccccc1)OC)N(C)C(=O)C(CC(=O)C(C(C)C)N(C)C(=O)OCc1ccc(NC(=O)C(CCCNC(N)=O)CC(=O)C(NC(=O)CCCCC(C)=O)C(C)C)cc1)C(C)C. The summed E-state index contributed by atoms with van der Waals surface area (Å²) in [5, 5.41) is 22.1. The Morgan fingerprint density at radius 1 is 0.742 bits per heavy atom. The van der Waals surface area contributed by atoms with Gasteiger partial charge in [0.25, 0.3) is 0 Å². The average molecular weight is 1250 g/mol. The van der Waals surface area contributed by atoms with E-state index in [2.05, 4.69) is 21.3 Å². The zero-order valence-corrected chi connectivity index (χ0v) is 55.6. The molecule has 0 radical (unpaired) electrons. The van der Waals surface area contributed by atoms with Crippen molar-refractivity contribution in [1.29, 1.82) is 0 Å². The Morgan fingerprint density at radius 3 is 1.94 bits per heavy atom. The number of Topliss-reactive ketones (excluding diaryl/α,β-unsaturated/α-hetero) is 3. The number of nitrogens with one attached hydrogen (secondary N) is 4. The molecule has 1 saturated heterocycles. The van der Waals surface area contributed by atoms with E-state index in [4.69, 9.17) is 19.9 Å². The van der Waals surface area contributed by atoms with Gasteiger partial charge >= 0.3 is 12.1 Å². The number of urea groups is 1. The van der Waals surface area contributed by atoms with Crippen molar-refractivity contribution in [2.45, 2.75) is 208 Å². The van der Waals surface area contributed by atoms with Crippen LogP contribution in [0.25, 0.3) is 0 Å². The number of hydrogen-bond acceptors (Lipinski definition) is 14. The van der Waals surface area contributed by atoms with Crippen molar-refractivity contribution in [2.24, 2.45) is 47.2 Å². The largest absolute Gasteiger partial charge is 0.445 e. The van der Waals surface area contributed by atoms with E-state index >= 15 is 0 Å². The fourth-order valence-corrected chi connectivity index (χ4v) is 12.0. The first kappa shape index (κ1) is 76.5. The Bertz CT molecular complexity index is 2620. The molecule has 1 fully saturated rings. The number of nitrogens with zero attached hydrogens (tertiary/aromatic N) is 3. The minimum atomic E-state index is -0.960. The average Bonchev–Trinajstić information content (AvgIpc) is 3.87. The highest BCUT2D eigenvalue weighted by atomic mass is 16.6. The number of aliphatic hydroxyl groups excluding tert-OH is 1. The molecule has 0 spiro atoms. The number of ether oxygens (including phenoxy) is 3. The van der Waals surface area contributed by atoms with Crippen molar-refractivity contribution < 1.29 is 67.3 Å². The summed E-state index contributed by atoms with van der Waals surface area (Å²) >= 11 is 0. The van der Waals surface area contributed by atoms with Crippen LogP contribution in [0.2, 0.25) is 0 Å². The fourth-order valence-electron chi connectivity index (χ4n) is 12.0. The quantitative estimate of drug-likeness (QED) is 0.0347. The first-order chi connectivity index (χ1) is 42.0. The Labute approximate surface area is 528 Å². The molecule has 12 atom stereocenters. The van der Waals surface area contributed by atoms with Crippen LogP contribution >= 0.6 is 0 Å². The maximum Gasteiger partial charge on any atom is 0.410 e. The van der Waals surface area contributed by atoms with E-state index in [9.17, 15) is 53.1 Å². The first-order valence-electron chi connectivity index (χ1n) is 31.8. The third-order valence-electron chi connectivity index (χ3n) is 17.4. The molecular weight excluding hydrogens is 1140 g/mol. The molecule has 2 aromatic carbocycles. The number of aliphatic hydroxyl groups is 1. The number of carbonyl (C=O) groups is 10. The molecule has 3 rings (SSSR count). The van der Waals surface area contributed by atoms with Gasteiger partial charge in [-0.05, 0) is 99.3 Å². The molecule has 0 aliphatic carbocycles. The number of rotatable bonds is 39. The van der Waals surface area contributed by atoms with Crippen molar-refractivity contribution in [3.8, 4) is 0 Å². The van der Waals surface area contributed by atoms with Gasteiger partial charge in [0.2, 0.25) is 29.5 Å². The Kier molecular flexibility index (Phi) is 32.7. The first-order valence-corrected chi connectivity index (χ1v) is 31.8. The van der Waals surface area contributed by atoms with Crippen LogP contribution in [-0.4, -0.2) is 163 Å².